The van der Waals surface area contributed by atoms with Gasteiger partial charge in [0.05, 0.1) is 5.69 Å². The van der Waals surface area contributed by atoms with Crippen LogP contribution in [0.5, 0.6) is 0 Å². The molecule has 0 aliphatic carbocycles. The summed E-state index contributed by atoms with van der Waals surface area (Å²) < 4.78 is 0. The molecule has 1 aromatic heterocycles. The molecule has 4 nitrogen and oxygen atoms in total. The van der Waals surface area contributed by atoms with Gasteiger partial charge in [0.15, 0.2) is 0 Å². The largest absolute Gasteiger partial charge is 0.311 e. The molecule has 0 saturated carbocycles. The van der Waals surface area contributed by atoms with Gasteiger partial charge in [-0.3, -0.25) is 9.97 Å². The van der Waals surface area contributed by atoms with Crippen molar-refractivity contribution in [2.45, 2.75) is 32.7 Å². The molecule has 1 N–H and O–H groups in total. The maximum atomic E-state index is 4.26. The Labute approximate surface area is 110 Å². The molecular weight excluding hydrogens is 224 g/mol. The summed E-state index contributed by atoms with van der Waals surface area (Å²) in [6.45, 7) is 7.97. The van der Waals surface area contributed by atoms with Gasteiger partial charge in [0, 0.05) is 31.7 Å². The molecular formula is C14H24N4. The summed E-state index contributed by atoms with van der Waals surface area (Å²) in [5.41, 5.74) is 1.02. The zero-order chi connectivity index (χ0) is 12.6. The van der Waals surface area contributed by atoms with Gasteiger partial charge < -0.3 is 10.2 Å². The molecule has 100 valence electrons. The Kier molecular flexibility index (Phi) is 5.55. The van der Waals surface area contributed by atoms with Crippen molar-refractivity contribution in [1.82, 2.24) is 20.2 Å². The molecule has 1 atom stereocenters. The van der Waals surface area contributed by atoms with Crippen LogP contribution in [0.3, 0.4) is 0 Å². The molecule has 4 heteroatoms. The van der Waals surface area contributed by atoms with Gasteiger partial charge in [0.25, 0.3) is 0 Å². The molecule has 0 bridgehead atoms. The minimum absolute atomic E-state index is 0.694. The van der Waals surface area contributed by atoms with Crippen LogP contribution in [0.1, 0.15) is 31.9 Å². The van der Waals surface area contributed by atoms with Crippen LogP contribution in [0.2, 0.25) is 0 Å². The molecule has 1 aliphatic heterocycles. The molecule has 1 saturated heterocycles. The lowest BCUT2D eigenvalue weighted by Crippen LogP contribution is -2.36. The van der Waals surface area contributed by atoms with E-state index in [4.69, 9.17) is 0 Å². The molecule has 1 aliphatic rings. The number of hydrogen-bond donors (Lipinski definition) is 1. The van der Waals surface area contributed by atoms with E-state index in [0.717, 1.165) is 18.8 Å². The summed E-state index contributed by atoms with van der Waals surface area (Å²) in [6, 6.07) is 0. The van der Waals surface area contributed by atoms with E-state index >= 15 is 0 Å². The Balaban J connectivity index is 1.61. The number of likely N-dealkylation sites (tertiary alicyclic amines) is 1. The quantitative estimate of drug-likeness (QED) is 0.832. The van der Waals surface area contributed by atoms with Crippen LogP contribution in [0.4, 0.5) is 0 Å². The van der Waals surface area contributed by atoms with Crippen LogP contribution in [0, 0.1) is 5.92 Å². The maximum absolute atomic E-state index is 4.26. The molecule has 0 aromatic carbocycles. The second kappa shape index (κ2) is 7.44. The highest BCUT2D eigenvalue weighted by Gasteiger charge is 2.12. The smallest absolute Gasteiger partial charge is 0.0724 e. The van der Waals surface area contributed by atoms with Gasteiger partial charge in [-0.2, -0.15) is 0 Å². The Morgan fingerprint density at radius 1 is 1.28 bits per heavy atom. The van der Waals surface area contributed by atoms with Crippen molar-refractivity contribution in [1.29, 1.82) is 0 Å². The Bertz CT molecular complexity index is 322. The van der Waals surface area contributed by atoms with E-state index in [1.807, 2.05) is 6.20 Å². The standard InChI is InChI=1S/C14H24N4/c1-13(12-18-7-3-2-4-8-18)9-16-11-14-10-15-5-6-17-14/h5-6,10,13,16H,2-4,7-9,11-12H2,1H3. The third kappa shape index (κ3) is 4.70. The number of aromatic nitrogens is 2. The Hall–Kier alpha value is -1.00. The van der Waals surface area contributed by atoms with Crippen LogP contribution in [-0.2, 0) is 6.54 Å². The molecule has 0 amide bonds. The molecule has 2 rings (SSSR count). The van der Waals surface area contributed by atoms with Crippen molar-refractivity contribution < 1.29 is 0 Å². The first kappa shape index (κ1) is 13.4. The van der Waals surface area contributed by atoms with Crippen molar-refractivity contribution in [3.63, 3.8) is 0 Å². The van der Waals surface area contributed by atoms with Crippen LogP contribution < -0.4 is 5.32 Å². The van der Waals surface area contributed by atoms with E-state index in [-0.39, 0.29) is 0 Å². The van der Waals surface area contributed by atoms with E-state index < -0.39 is 0 Å². The lowest BCUT2D eigenvalue weighted by molar-refractivity contribution is 0.199. The number of rotatable bonds is 6. The fraction of sp³-hybridized carbons (Fsp3) is 0.714. The van der Waals surface area contributed by atoms with E-state index in [9.17, 15) is 0 Å². The Morgan fingerprint density at radius 2 is 2.11 bits per heavy atom. The summed E-state index contributed by atoms with van der Waals surface area (Å²) in [7, 11) is 0. The van der Waals surface area contributed by atoms with E-state index in [1.54, 1.807) is 12.4 Å². The van der Waals surface area contributed by atoms with Crippen LogP contribution in [0.15, 0.2) is 18.6 Å². The number of hydrogen-bond acceptors (Lipinski definition) is 4. The van der Waals surface area contributed by atoms with Gasteiger partial charge in [-0.1, -0.05) is 13.3 Å². The predicted molar refractivity (Wildman–Crippen MR) is 73.2 cm³/mol. The van der Waals surface area contributed by atoms with Gasteiger partial charge in [-0.05, 0) is 38.4 Å². The highest BCUT2D eigenvalue weighted by molar-refractivity contribution is 4.93. The highest BCUT2D eigenvalue weighted by Crippen LogP contribution is 2.10. The van der Waals surface area contributed by atoms with Crippen molar-refractivity contribution >= 4 is 0 Å². The molecule has 0 spiro atoms. The summed E-state index contributed by atoms with van der Waals surface area (Å²) in [6.07, 6.45) is 9.44. The predicted octanol–water partition coefficient (Wildman–Crippen LogP) is 1.69. The minimum atomic E-state index is 0.694. The van der Waals surface area contributed by atoms with E-state index in [1.165, 1.54) is 38.9 Å². The van der Waals surface area contributed by atoms with Crippen molar-refractivity contribution in [3.05, 3.63) is 24.3 Å². The Morgan fingerprint density at radius 3 is 2.83 bits per heavy atom. The highest BCUT2D eigenvalue weighted by atomic mass is 15.1. The monoisotopic (exact) mass is 248 g/mol. The molecule has 1 aromatic rings. The first-order valence-electron chi connectivity index (χ1n) is 7.02. The van der Waals surface area contributed by atoms with Crippen LogP contribution in [0.25, 0.3) is 0 Å². The third-order valence-corrected chi connectivity index (χ3v) is 3.43. The van der Waals surface area contributed by atoms with Crippen LogP contribution in [-0.4, -0.2) is 41.0 Å². The van der Waals surface area contributed by atoms with Crippen LogP contribution >= 0.6 is 0 Å². The first-order chi connectivity index (χ1) is 8.84. The number of piperidine rings is 1. The zero-order valence-corrected chi connectivity index (χ0v) is 11.3. The lowest BCUT2D eigenvalue weighted by Gasteiger charge is -2.29. The second-order valence-electron chi connectivity index (χ2n) is 5.29. The van der Waals surface area contributed by atoms with E-state index in [2.05, 4.69) is 27.1 Å². The van der Waals surface area contributed by atoms with Gasteiger partial charge in [-0.25, -0.2) is 0 Å². The fourth-order valence-electron chi connectivity index (χ4n) is 2.52. The van der Waals surface area contributed by atoms with Crippen molar-refractivity contribution in [2.24, 2.45) is 5.92 Å². The number of nitrogens with one attached hydrogen (secondary N) is 1. The minimum Gasteiger partial charge on any atom is -0.311 e. The summed E-state index contributed by atoms with van der Waals surface area (Å²) in [5, 5.41) is 3.46. The first-order valence-corrected chi connectivity index (χ1v) is 7.02. The second-order valence-corrected chi connectivity index (χ2v) is 5.29. The van der Waals surface area contributed by atoms with Crippen molar-refractivity contribution in [2.75, 3.05) is 26.2 Å². The van der Waals surface area contributed by atoms with Crippen molar-refractivity contribution in [3.8, 4) is 0 Å². The summed E-state index contributed by atoms with van der Waals surface area (Å²) >= 11 is 0. The van der Waals surface area contributed by atoms with Gasteiger partial charge in [0.2, 0.25) is 0 Å². The molecule has 1 fully saturated rings. The topological polar surface area (TPSA) is 41.1 Å². The van der Waals surface area contributed by atoms with Gasteiger partial charge in [0.1, 0.15) is 0 Å². The average Bonchev–Trinajstić information content (AvgIpc) is 2.41. The molecule has 0 radical (unpaired) electrons. The summed E-state index contributed by atoms with van der Waals surface area (Å²) in [5.74, 6) is 0.694. The van der Waals surface area contributed by atoms with Gasteiger partial charge >= 0.3 is 0 Å². The number of nitrogens with zero attached hydrogens (tertiary/aromatic N) is 3. The molecule has 18 heavy (non-hydrogen) atoms. The molecule has 2 heterocycles. The zero-order valence-electron chi connectivity index (χ0n) is 11.3. The maximum Gasteiger partial charge on any atom is 0.0724 e. The fourth-order valence-corrected chi connectivity index (χ4v) is 2.52. The SMILES string of the molecule is CC(CNCc1cnccn1)CN1CCCCC1. The van der Waals surface area contributed by atoms with Gasteiger partial charge in [-0.15, -0.1) is 0 Å². The average molecular weight is 248 g/mol. The molecule has 1 unspecified atom stereocenters. The third-order valence-electron chi connectivity index (χ3n) is 3.43. The van der Waals surface area contributed by atoms with E-state index in [0.29, 0.717) is 5.92 Å². The normalized spacial score (nSPS) is 18.7. The summed E-state index contributed by atoms with van der Waals surface area (Å²) in [4.78, 5) is 10.9. The lowest BCUT2D eigenvalue weighted by atomic mass is 10.1.